The van der Waals surface area contributed by atoms with Gasteiger partial charge in [0.05, 0.1) is 11.7 Å². The Morgan fingerprint density at radius 2 is 2.14 bits per heavy atom. The van der Waals surface area contributed by atoms with Crippen LogP contribution in [0, 0.1) is 5.92 Å². The number of benzene rings is 1. The molecule has 0 bridgehead atoms. The van der Waals surface area contributed by atoms with E-state index in [9.17, 15) is 4.79 Å². The van der Waals surface area contributed by atoms with E-state index >= 15 is 0 Å². The van der Waals surface area contributed by atoms with Gasteiger partial charge in [0.1, 0.15) is 12.9 Å². The largest absolute Gasteiger partial charge is 0.493 e. The standard InChI is InChI=1S/C12H14O2/c1-10(8-13)11(2)14-9-12-6-4-3-5-7-12/h3-8,10H,2,9H2,1H3. The van der Waals surface area contributed by atoms with Crippen LogP contribution in [-0.2, 0) is 16.1 Å². The Morgan fingerprint density at radius 1 is 1.50 bits per heavy atom. The Labute approximate surface area is 84.2 Å². The fourth-order valence-corrected chi connectivity index (χ4v) is 0.958. The number of carbonyl (C=O) groups is 1. The summed E-state index contributed by atoms with van der Waals surface area (Å²) in [5, 5.41) is 0. The van der Waals surface area contributed by atoms with Crippen LogP contribution in [0.3, 0.4) is 0 Å². The van der Waals surface area contributed by atoms with Crippen molar-refractivity contribution >= 4 is 6.29 Å². The van der Waals surface area contributed by atoms with Crippen LogP contribution in [0.15, 0.2) is 42.7 Å². The first-order valence-electron chi connectivity index (χ1n) is 4.55. The van der Waals surface area contributed by atoms with Crippen molar-refractivity contribution in [3.63, 3.8) is 0 Å². The van der Waals surface area contributed by atoms with Crippen molar-refractivity contribution in [3.8, 4) is 0 Å². The summed E-state index contributed by atoms with van der Waals surface area (Å²) in [6.07, 6.45) is 0.827. The number of hydrogen-bond donors (Lipinski definition) is 0. The molecule has 2 heteroatoms. The number of allylic oxidation sites excluding steroid dienone is 1. The quantitative estimate of drug-likeness (QED) is 0.527. The Bertz CT molecular complexity index is 303. The summed E-state index contributed by atoms with van der Waals surface area (Å²) in [6.45, 7) is 5.92. The molecule has 0 aliphatic heterocycles. The first-order valence-corrected chi connectivity index (χ1v) is 4.55. The van der Waals surface area contributed by atoms with Crippen LogP contribution in [0.4, 0.5) is 0 Å². The van der Waals surface area contributed by atoms with Crippen molar-refractivity contribution in [1.29, 1.82) is 0 Å². The summed E-state index contributed by atoms with van der Waals surface area (Å²) >= 11 is 0. The van der Waals surface area contributed by atoms with Gasteiger partial charge in [-0.1, -0.05) is 36.9 Å². The minimum atomic E-state index is -0.237. The third-order valence-corrected chi connectivity index (χ3v) is 1.98. The van der Waals surface area contributed by atoms with Crippen molar-refractivity contribution in [2.75, 3.05) is 0 Å². The predicted octanol–water partition coefficient (Wildman–Crippen LogP) is 2.55. The average Bonchev–Trinajstić information content (AvgIpc) is 2.26. The van der Waals surface area contributed by atoms with Gasteiger partial charge in [0.15, 0.2) is 0 Å². The molecule has 1 aromatic carbocycles. The number of ether oxygens (including phenoxy) is 1. The molecule has 14 heavy (non-hydrogen) atoms. The summed E-state index contributed by atoms with van der Waals surface area (Å²) in [5.41, 5.74) is 1.08. The Balaban J connectivity index is 2.42. The van der Waals surface area contributed by atoms with Crippen LogP contribution in [0.2, 0.25) is 0 Å². The maximum Gasteiger partial charge on any atom is 0.130 e. The summed E-state index contributed by atoms with van der Waals surface area (Å²) in [7, 11) is 0. The minimum Gasteiger partial charge on any atom is -0.493 e. The van der Waals surface area contributed by atoms with Gasteiger partial charge in [-0.3, -0.25) is 0 Å². The molecule has 0 aliphatic carbocycles. The maximum atomic E-state index is 10.4. The SMILES string of the molecule is C=C(OCc1ccccc1)C(C)C=O. The molecule has 0 saturated carbocycles. The Morgan fingerprint density at radius 3 is 2.71 bits per heavy atom. The summed E-state index contributed by atoms with van der Waals surface area (Å²) in [5.74, 6) is 0.280. The van der Waals surface area contributed by atoms with E-state index in [0.717, 1.165) is 11.8 Å². The van der Waals surface area contributed by atoms with E-state index in [0.29, 0.717) is 12.4 Å². The third-order valence-electron chi connectivity index (χ3n) is 1.98. The monoisotopic (exact) mass is 190 g/mol. The van der Waals surface area contributed by atoms with E-state index in [4.69, 9.17) is 4.74 Å². The lowest BCUT2D eigenvalue weighted by Gasteiger charge is -2.10. The molecule has 1 rings (SSSR count). The molecule has 0 aliphatic rings. The normalized spacial score (nSPS) is 11.8. The maximum absolute atomic E-state index is 10.4. The molecule has 0 fully saturated rings. The van der Waals surface area contributed by atoms with E-state index in [2.05, 4.69) is 6.58 Å². The fourth-order valence-electron chi connectivity index (χ4n) is 0.958. The Hall–Kier alpha value is -1.57. The van der Waals surface area contributed by atoms with E-state index in [1.165, 1.54) is 0 Å². The van der Waals surface area contributed by atoms with Gasteiger partial charge in [-0.25, -0.2) is 0 Å². The first kappa shape index (κ1) is 10.5. The molecule has 0 heterocycles. The van der Waals surface area contributed by atoms with Crippen molar-refractivity contribution in [2.24, 2.45) is 5.92 Å². The van der Waals surface area contributed by atoms with E-state index in [1.54, 1.807) is 6.92 Å². The molecule has 1 aromatic rings. The highest BCUT2D eigenvalue weighted by molar-refractivity contribution is 5.56. The van der Waals surface area contributed by atoms with Gasteiger partial charge in [0, 0.05) is 0 Å². The third kappa shape index (κ3) is 3.05. The molecule has 1 unspecified atom stereocenters. The van der Waals surface area contributed by atoms with Gasteiger partial charge < -0.3 is 9.53 Å². The summed E-state index contributed by atoms with van der Waals surface area (Å²) in [4.78, 5) is 10.4. The molecule has 0 spiro atoms. The average molecular weight is 190 g/mol. The molecule has 0 amide bonds. The van der Waals surface area contributed by atoms with Gasteiger partial charge in [-0.15, -0.1) is 0 Å². The van der Waals surface area contributed by atoms with E-state index in [1.807, 2.05) is 30.3 Å². The molecule has 0 aromatic heterocycles. The zero-order valence-corrected chi connectivity index (χ0v) is 8.27. The molecule has 74 valence electrons. The van der Waals surface area contributed by atoms with Crippen LogP contribution in [0.25, 0.3) is 0 Å². The molecule has 1 atom stereocenters. The molecular formula is C12H14O2. The van der Waals surface area contributed by atoms with Gasteiger partial charge in [0.2, 0.25) is 0 Å². The molecule has 0 N–H and O–H groups in total. The van der Waals surface area contributed by atoms with Crippen molar-refractivity contribution in [1.82, 2.24) is 0 Å². The second kappa shape index (κ2) is 5.22. The summed E-state index contributed by atoms with van der Waals surface area (Å²) < 4.78 is 5.36. The van der Waals surface area contributed by atoms with Crippen molar-refractivity contribution < 1.29 is 9.53 Å². The zero-order chi connectivity index (χ0) is 10.4. The molecular weight excluding hydrogens is 176 g/mol. The van der Waals surface area contributed by atoms with Gasteiger partial charge in [-0.2, -0.15) is 0 Å². The number of carbonyl (C=O) groups excluding carboxylic acids is 1. The smallest absolute Gasteiger partial charge is 0.130 e. The molecule has 2 nitrogen and oxygen atoms in total. The number of hydrogen-bond acceptors (Lipinski definition) is 2. The van der Waals surface area contributed by atoms with Gasteiger partial charge >= 0.3 is 0 Å². The Kier molecular flexibility index (Phi) is 3.92. The van der Waals surface area contributed by atoms with Crippen LogP contribution in [-0.4, -0.2) is 6.29 Å². The fraction of sp³-hybridized carbons (Fsp3) is 0.250. The lowest BCUT2D eigenvalue weighted by Crippen LogP contribution is -2.03. The topological polar surface area (TPSA) is 26.3 Å². The van der Waals surface area contributed by atoms with Crippen LogP contribution >= 0.6 is 0 Å². The van der Waals surface area contributed by atoms with Crippen molar-refractivity contribution in [2.45, 2.75) is 13.5 Å². The van der Waals surface area contributed by atoms with Gasteiger partial charge in [-0.05, 0) is 12.5 Å². The van der Waals surface area contributed by atoms with E-state index in [-0.39, 0.29) is 5.92 Å². The predicted molar refractivity (Wildman–Crippen MR) is 55.6 cm³/mol. The second-order valence-electron chi connectivity index (χ2n) is 3.17. The van der Waals surface area contributed by atoms with E-state index < -0.39 is 0 Å². The van der Waals surface area contributed by atoms with Crippen LogP contribution in [0.5, 0.6) is 0 Å². The molecule has 0 saturated heterocycles. The number of rotatable bonds is 5. The molecule has 0 radical (unpaired) electrons. The van der Waals surface area contributed by atoms with Crippen LogP contribution in [0.1, 0.15) is 12.5 Å². The highest BCUT2D eigenvalue weighted by atomic mass is 16.5. The van der Waals surface area contributed by atoms with Gasteiger partial charge in [0.25, 0.3) is 0 Å². The summed E-state index contributed by atoms with van der Waals surface area (Å²) in [6, 6.07) is 9.79. The minimum absolute atomic E-state index is 0.237. The first-order chi connectivity index (χ1) is 6.74. The highest BCUT2D eigenvalue weighted by Gasteiger charge is 2.05. The number of aldehydes is 1. The highest BCUT2D eigenvalue weighted by Crippen LogP contribution is 2.10. The lowest BCUT2D eigenvalue weighted by atomic mass is 10.2. The lowest BCUT2D eigenvalue weighted by molar-refractivity contribution is -0.110. The zero-order valence-electron chi connectivity index (χ0n) is 8.27. The second-order valence-corrected chi connectivity index (χ2v) is 3.17. The van der Waals surface area contributed by atoms with Crippen LogP contribution < -0.4 is 0 Å². The van der Waals surface area contributed by atoms with Crippen molar-refractivity contribution in [3.05, 3.63) is 48.2 Å².